The van der Waals surface area contributed by atoms with Crippen LogP contribution in [0.2, 0.25) is 0 Å². The molecular formula is C17H25N. The molecule has 1 heteroatoms. The van der Waals surface area contributed by atoms with Crippen molar-refractivity contribution in [2.24, 2.45) is 0 Å². The van der Waals surface area contributed by atoms with Crippen molar-refractivity contribution in [2.45, 2.75) is 52.0 Å². The average Bonchev–Trinajstić information content (AvgIpc) is 2.39. The number of nitrogens with one attached hydrogen (secondary N) is 1. The van der Waals surface area contributed by atoms with Gasteiger partial charge in [-0.05, 0) is 50.3 Å². The van der Waals surface area contributed by atoms with Gasteiger partial charge in [0.15, 0.2) is 0 Å². The molecule has 0 heterocycles. The second-order valence-electron chi connectivity index (χ2n) is 4.86. The van der Waals surface area contributed by atoms with Gasteiger partial charge in [0, 0.05) is 12.5 Å². The molecule has 98 valence electrons. The molecule has 0 aliphatic rings. The normalized spacial score (nSPS) is 12.1. The molecule has 0 aliphatic carbocycles. The number of benzene rings is 1. The fourth-order valence-electron chi connectivity index (χ4n) is 2.17. The summed E-state index contributed by atoms with van der Waals surface area (Å²) in [6, 6.07) is 9.20. The van der Waals surface area contributed by atoms with Crippen molar-refractivity contribution in [2.75, 3.05) is 6.54 Å². The molecule has 0 saturated carbocycles. The lowest BCUT2D eigenvalue weighted by atomic mass is 9.99. The van der Waals surface area contributed by atoms with Gasteiger partial charge in [0.05, 0.1) is 0 Å². The highest BCUT2D eigenvalue weighted by Crippen LogP contribution is 2.12. The maximum Gasteiger partial charge on any atom is 0.0101 e. The Bertz CT molecular complexity index is 375. The molecule has 1 aromatic carbocycles. The van der Waals surface area contributed by atoms with E-state index in [1.54, 1.807) is 0 Å². The van der Waals surface area contributed by atoms with Crippen LogP contribution in [0.25, 0.3) is 0 Å². The topological polar surface area (TPSA) is 12.0 Å². The lowest BCUT2D eigenvalue weighted by Gasteiger charge is -2.18. The van der Waals surface area contributed by atoms with Crippen molar-refractivity contribution in [1.82, 2.24) is 5.32 Å². The first-order chi connectivity index (χ1) is 8.77. The second-order valence-corrected chi connectivity index (χ2v) is 4.86. The van der Waals surface area contributed by atoms with Crippen molar-refractivity contribution in [1.29, 1.82) is 0 Å². The molecule has 0 amide bonds. The fraction of sp³-hybridized carbons (Fsp3) is 0.529. The Kier molecular flexibility index (Phi) is 7.22. The molecule has 1 rings (SSSR count). The minimum atomic E-state index is 0.556. The molecular weight excluding hydrogens is 218 g/mol. The van der Waals surface area contributed by atoms with Crippen molar-refractivity contribution in [3.63, 3.8) is 0 Å². The Morgan fingerprint density at radius 1 is 1.28 bits per heavy atom. The Labute approximate surface area is 112 Å². The van der Waals surface area contributed by atoms with Gasteiger partial charge in [0.25, 0.3) is 0 Å². The van der Waals surface area contributed by atoms with Crippen LogP contribution in [0.1, 0.15) is 43.7 Å². The van der Waals surface area contributed by atoms with E-state index < -0.39 is 0 Å². The zero-order chi connectivity index (χ0) is 13.2. The van der Waals surface area contributed by atoms with E-state index in [1.165, 1.54) is 24.0 Å². The van der Waals surface area contributed by atoms with Crippen LogP contribution in [0.4, 0.5) is 0 Å². The maximum absolute atomic E-state index is 5.36. The third-order valence-electron chi connectivity index (χ3n) is 3.34. The summed E-state index contributed by atoms with van der Waals surface area (Å²) in [6.45, 7) is 5.47. The highest BCUT2D eigenvalue weighted by atomic mass is 14.9. The Hall–Kier alpha value is -1.26. The smallest absolute Gasteiger partial charge is 0.0101 e. The fourth-order valence-corrected chi connectivity index (χ4v) is 2.17. The van der Waals surface area contributed by atoms with Crippen LogP contribution in [0, 0.1) is 19.3 Å². The molecule has 0 radical (unpaired) electrons. The van der Waals surface area contributed by atoms with Gasteiger partial charge in [-0.25, -0.2) is 0 Å². The SMILES string of the molecule is C#CCCC(CCc1ccccc1C)NCCC. The zero-order valence-corrected chi connectivity index (χ0v) is 11.7. The average molecular weight is 243 g/mol. The van der Waals surface area contributed by atoms with Gasteiger partial charge in [-0.3, -0.25) is 0 Å². The molecule has 0 aromatic heterocycles. The number of hydrogen-bond acceptors (Lipinski definition) is 1. The largest absolute Gasteiger partial charge is 0.314 e. The summed E-state index contributed by atoms with van der Waals surface area (Å²) >= 11 is 0. The zero-order valence-electron chi connectivity index (χ0n) is 11.7. The Morgan fingerprint density at radius 2 is 2.06 bits per heavy atom. The highest BCUT2D eigenvalue weighted by Gasteiger charge is 2.07. The minimum Gasteiger partial charge on any atom is -0.314 e. The van der Waals surface area contributed by atoms with Crippen molar-refractivity contribution < 1.29 is 0 Å². The molecule has 1 aromatic rings. The summed E-state index contributed by atoms with van der Waals surface area (Å²) in [5, 5.41) is 3.60. The predicted molar refractivity (Wildman–Crippen MR) is 79.6 cm³/mol. The van der Waals surface area contributed by atoms with E-state index in [-0.39, 0.29) is 0 Å². The van der Waals surface area contributed by atoms with Crippen molar-refractivity contribution in [3.05, 3.63) is 35.4 Å². The Morgan fingerprint density at radius 3 is 2.72 bits per heavy atom. The number of hydrogen-bond donors (Lipinski definition) is 1. The van der Waals surface area contributed by atoms with Gasteiger partial charge in [0.2, 0.25) is 0 Å². The molecule has 1 unspecified atom stereocenters. The van der Waals surface area contributed by atoms with E-state index in [1.807, 2.05) is 0 Å². The van der Waals surface area contributed by atoms with Crippen molar-refractivity contribution >= 4 is 0 Å². The predicted octanol–water partition coefficient (Wildman–Crippen LogP) is 3.71. The molecule has 1 N–H and O–H groups in total. The first-order valence-corrected chi connectivity index (χ1v) is 6.99. The molecule has 1 atom stereocenters. The van der Waals surface area contributed by atoms with Gasteiger partial charge in [-0.1, -0.05) is 31.2 Å². The van der Waals surface area contributed by atoms with E-state index >= 15 is 0 Å². The van der Waals surface area contributed by atoms with Gasteiger partial charge in [-0.15, -0.1) is 12.3 Å². The number of rotatable bonds is 8. The lowest BCUT2D eigenvalue weighted by molar-refractivity contribution is 0.457. The molecule has 0 aliphatic heterocycles. The summed E-state index contributed by atoms with van der Waals surface area (Å²) in [4.78, 5) is 0. The summed E-state index contributed by atoms with van der Waals surface area (Å²) in [5.74, 6) is 2.74. The summed E-state index contributed by atoms with van der Waals surface area (Å²) in [5.41, 5.74) is 2.85. The van der Waals surface area contributed by atoms with Crippen LogP contribution >= 0.6 is 0 Å². The summed E-state index contributed by atoms with van der Waals surface area (Å²) in [6.07, 6.45) is 10.8. The second kappa shape index (κ2) is 8.78. The first kappa shape index (κ1) is 14.8. The molecule has 0 spiro atoms. The quantitative estimate of drug-likeness (QED) is 0.686. The lowest BCUT2D eigenvalue weighted by Crippen LogP contribution is -2.30. The molecule has 0 bridgehead atoms. The molecule has 1 nitrogen and oxygen atoms in total. The van der Waals surface area contributed by atoms with Gasteiger partial charge in [0.1, 0.15) is 0 Å². The number of aryl methyl sites for hydroxylation is 2. The standard InChI is InChI=1S/C17H25N/c1-4-6-11-17(18-14-5-2)13-12-16-10-8-7-9-15(16)3/h1,7-10,17-18H,5-6,11-14H2,2-3H3. The van der Waals surface area contributed by atoms with Crippen LogP contribution < -0.4 is 5.32 Å². The third-order valence-corrected chi connectivity index (χ3v) is 3.34. The molecule has 0 saturated heterocycles. The summed E-state index contributed by atoms with van der Waals surface area (Å²) < 4.78 is 0. The van der Waals surface area contributed by atoms with E-state index in [9.17, 15) is 0 Å². The Balaban J connectivity index is 2.45. The van der Waals surface area contributed by atoms with Crippen LogP contribution in [0.5, 0.6) is 0 Å². The van der Waals surface area contributed by atoms with Crippen LogP contribution in [-0.4, -0.2) is 12.6 Å². The van der Waals surface area contributed by atoms with Gasteiger partial charge < -0.3 is 5.32 Å². The van der Waals surface area contributed by atoms with Crippen molar-refractivity contribution in [3.8, 4) is 12.3 Å². The van der Waals surface area contributed by atoms with Crippen LogP contribution in [0.3, 0.4) is 0 Å². The molecule has 18 heavy (non-hydrogen) atoms. The molecule has 0 fully saturated rings. The number of terminal acetylenes is 1. The minimum absolute atomic E-state index is 0.556. The van der Waals surface area contributed by atoms with E-state index in [0.29, 0.717) is 6.04 Å². The van der Waals surface area contributed by atoms with Crippen LogP contribution in [0.15, 0.2) is 24.3 Å². The highest BCUT2D eigenvalue weighted by molar-refractivity contribution is 5.25. The van der Waals surface area contributed by atoms with Crippen LogP contribution in [-0.2, 0) is 6.42 Å². The summed E-state index contributed by atoms with van der Waals surface area (Å²) in [7, 11) is 0. The first-order valence-electron chi connectivity index (χ1n) is 6.99. The van der Waals surface area contributed by atoms with Gasteiger partial charge >= 0.3 is 0 Å². The van der Waals surface area contributed by atoms with E-state index in [0.717, 1.165) is 25.8 Å². The third kappa shape index (κ3) is 5.38. The van der Waals surface area contributed by atoms with Gasteiger partial charge in [-0.2, -0.15) is 0 Å². The van der Waals surface area contributed by atoms with E-state index in [2.05, 4.69) is 49.4 Å². The van der Waals surface area contributed by atoms with E-state index in [4.69, 9.17) is 6.42 Å². The maximum atomic E-state index is 5.36. The monoisotopic (exact) mass is 243 g/mol.